The van der Waals surface area contributed by atoms with Gasteiger partial charge < -0.3 is 16.0 Å². The first-order valence-corrected chi connectivity index (χ1v) is 7.27. The van der Waals surface area contributed by atoms with Gasteiger partial charge in [0.05, 0.1) is 17.2 Å². The van der Waals surface area contributed by atoms with E-state index in [0.29, 0.717) is 16.9 Å². The fourth-order valence-electron chi connectivity index (χ4n) is 2.13. The molecule has 0 aliphatic carbocycles. The van der Waals surface area contributed by atoms with Crippen LogP contribution < -0.4 is 16.0 Å². The van der Waals surface area contributed by atoms with E-state index >= 15 is 0 Å². The average Bonchev–Trinajstić information content (AvgIpc) is 2.61. The first-order chi connectivity index (χ1) is 11.7. The van der Waals surface area contributed by atoms with Gasteiger partial charge in [-0.1, -0.05) is 18.2 Å². The van der Waals surface area contributed by atoms with E-state index in [-0.39, 0.29) is 17.6 Å². The standard InChI is InChI=1S/C17H15N5O2/c1-18-17(24)21-12-6-4-5-11(9-12)20-16(23)15-10-19-13-7-2-3-8-14(13)22-15/h2-10H,1H3,(H,20,23)(H2,18,21,24). The zero-order valence-corrected chi connectivity index (χ0v) is 12.9. The highest BCUT2D eigenvalue weighted by molar-refractivity contribution is 6.04. The molecule has 0 aliphatic heterocycles. The van der Waals surface area contributed by atoms with Crippen molar-refractivity contribution in [1.29, 1.82) is 0 Å². The Balaban J connectivity index is 1.78. The van der Waals surface area contributed by atoms with Crippen molar-refractivity contribution >= 4 is 34.3 Å². The number of para-hydroxylation sites is 2. The Morgan fingerprint density at radius 2 is 1.62 bits per heavy atom. The van der Waals surface area contributed by atoms with Crippen LogP contribution in [-0.4, -0.2) is 29.0 Å². The molecule has 0 unspecified atom stereocenters. The molecule has 0 radical (unpaired) electrons. The summed E-state index contributed by atoms with van der Waals surface area (Å²) in [5.41, 5.74) is 2.71. The first kappa shape index (κ1) is 15.4. The van der Waals surface area contributed by atoms with Gasteiger partial charge in [-0.05, 0) is 30.3 Å². The maximum absolute atomic E-state index is 12.3. The molecule has 24 heavy (non-hydrogen) atoms. The molecule has 0 spiro atoms. The van der Waals surface area contributed by atoms with E-state index in [9.17, 15) is 9.59 Å². The van der Waals surface area contributed by atoms with Crippen molar-refractivity contribution in [3.05, 3.63) is 60.4 Å². The lowest BCUT2D eigenvalue weighted by molar-refractivity contribution is 0.102. The van der Waals surface area contributed by atoms with Crippen molar-refractivity contribution in [2.45, 2.75) is 0 Å². The van der Waals surface area contributed by atoms with Gasteiger partial charge in [0.1, 0.15) is 5.69 Å². The molecule has 7 heteroatoms. The van der Waals surface area contributed by atoms with Gasteiger partial charge in [0.25, 0.3) is 5.91 Å². The smallest absolute Gasteiger partial charge is 0.318 e. The molecular weight excluding hydrogens is 306 g/mol. The lowest BCUT2D eigenvalue weighted by Crippen LogP contribution is -2.24. The fourth-order valence-corrected chi connectivity index (χ4v) is 2.13. The number of hydrogen-bond acceptors (Lipinski definition) is 4. The van der Waals surface area contributed by atoms with Crippen LogP contribution in [0.1, 0.15) is 10.5 Å². The van der Waals surface area contributed by atoms with E-state index in [1.807, 2.05) is 18.2 Å². The van der Waals surface area contributed by atoms with Crippen LogP contribution in [0.5, 0.6) is 0 Å². The SMILES string of the molecule is CNC(=O)Nc1cccc(NC(=O)c2cnc3ccccc3n2)c1. The largest absolute Gasteiger partial charge is 0.341 e. The Morgan fingerprint density at radius 3 is 2.38 bits per heavy atom. The normalized spacial score (nSPS) is 10.2. The number of carbonyl (C=O) groups is 2. The predicted molar refractivity (Wildman–Crippen MR) is 92.0 cm³/mol. The minimum absolute atomic E-state index is 0.221. The number of anilines is 2. The van der Waals surface area contributed by atoms with Crippen LogP contribution in [0.4, 0.5) is 16.2 Å². The zero-order valence-electron chi connectivity index (χ0n) is 12.9. The van der Waals surface area contributed by atoms with Crippen molar-refractivity contribution in [2.24, 2.45) is 0 Å². The van der Waals surface area contributed by atoms with Gasteiger partial charge in [-0.3, -0.25) is 9.78 Å². The molecule has 0 saturated heterocycles. The van der Waals surface area contributed by atoms with E-state index in [0.717, 1.165) is 5.52 Å². The summed E-state index contributed by atoms with van der Waals surface area (Å²) in [6.45, 7) is 0. The summed E-state index contributed by atoms with van der Waals surface area (Å²) in [7, 11) is 1.53. The second-order valence-corrected chi connectivity index (χ2v) is 4.98. The molecule has 0 saturated carbocycles. The van der Waals surface area contributed by atoms with Gasteiger partial charge in [0.15, 0.2) is 0 Å². The van der Waals surface area contributed by atoms with Crippen molar-refractivity contribution in [2.75, 3.05) is 17.7 Å². The van der Waals surface area contributed by atoms with E-state index in [2.05, 4.69) is 25.9 Å². The highest BCUT2D eigenvalue weighted by Gasteiger charge is 2.10. The average molecular weight is 321 g/mol. The third kappa shape index (κ3) is 3.46. The van der Waals surface area contributed by atoms with E-state index in [1.54, 1.807) is 30.3 Å². The van der Waals surface area contributed by atoms with Gasteiger partial charge in [-0.15, -0.1) is 0 Å². The summed E-state index contributed by atoms with van der Waals surface area (Å²) in [4.78, 5) is 32.2. The van der Waals surface area contributed by atoms with E-state index < -0.39 is 0 Å². The molecule has 7 nitrogen and oxygen atoms in total. The molecule has 0 atom stereocenters. The number of nitrogens with one attached hydrogen (secondary N) is 3. The van der Waals surface area contributed by atoms with Crippen LogP contribution in [0.3, 0.4) is 0 Å². The molecule has 0 aliphatic rings. The minimum atomic E-state index is -0.370. The molecule has 3 amide bonds. The molecular formula is C17H15N5O2. The van der Waals surface area contributed by atoms with Crippen LogP contribution in [0.25, 0.3) is 11.0 Å². The summed E-state index contributed by atoms with van der Waals surface area (Å²) in [5.74, 6) is -0.370. The summed E-state index contributed by atoms with van der Waals surface area (Å²) in [6.07, 6.45) is 1.43. The predicted octanol–water partition coefficient (Wildman–Crippen LogP) is 2.63. The highest BCUT2D eigenvalue weighted by Crippen LogP contribution is 2.16. The van der Waals surface area contributed by atoms with E-state index in [4.69, 9.17) is 0 Å². The second-order valence-electron chi connectivity index (χ2n) is 4.98. The number of fused-ring (bicyclic) bond motifs is 1. The summed E-state index contributed by atoms with van der Waals surface area (Å²) in [5, 5.41) is 7.84. The number of amides is 3. The maximum Gasteiger partial charge on any atom is 0.318 e. The van der Waals surface area contributed by atoms with Crippen molar-refractivity contribution in [1.82, 2.24) is 15.3 Å². The molecule has 0 bridgehead atoms. The Bertz CT molecular complexity index is 910. The summed E-state index contributed by atoms with van der Waals surface area (Å²) >= 11 is 0. The maximum atomic E-state index is 12.3. The number of carbonyl (C=O) groups excluding carboxylic acids is 2. The van der Waals surface area contributed by atoms with Crippen LogP contribution >= 0.6 is 0 Å². The summed E-state index contributed by atoms with van der Waals surface area (Å²) < 4.78 is 0. The van der Waals surface area contributed by atoms with Crippen molar-refractivity contribution in [3.63, 3.8) is 0 Å². The van der Waals surface area contributed by atoms with Gasteiger partial charge in [0, 0.05) is 18.4 Å². The van der Waals surface area contributed by atoms with Gasteiger partial charge in [-0.2, -0.15) is 0 Å². The molecule has 2 aromatic carbocycles. The van der Waals surface area contributed by atoms with Crippen LogP contribution in [0, 0.1) is 0 Å². The number of nitrogens with zero attached hydrogens (tertiary/aromatic N) is 2. The molecule has 0 fully saturated rings. The molecule has 120 valence electrons. The van der Waals surface area contributed by atoms with Crippen molar-refractivity contribution in [3.8, 4) is 0 Å². The Hall–Kier alpha value is -3.48. The number of benzene rings is 2. The Morgan fingerprint density at radius 1 is 0.917 bits per heavy atom. The third-order valence-corrected chi connectivity index (χ3v) is 3.29. The molecule has 1 aromatic heterocycles. The molecule has 1 heterocycles. The second kappa shape index (κ2) is 6.74. The molecule has 3 rings (SSSR count). The number of hydrogen-bond donors (Lipinski definition) is 3. The number of rotatable bonds is 3. The van der Waals surface area contributed by atoms with Crippen LogP contribution in [-0.2, 0) is 0 Å². The van der Waals surface area contributed by atoms with Crippen molar-refractivity contribution < 1.29 is 9.59 Å². The monoisotopic (exact) mass is 321 g/mol. The quantitative estimate of drug-likeness (QED) is 0.691. The molecule has 3 N–H and O–H groups in total. The van der Waals surface area contributed by atoms with Crippen LogP contribution in [0.2, 0.25) is 0 Å². The lowest BCUT2D eigenvalue weighted by atomic mass is 10.2. The minimum Gasteiger partial charge on any atom is -0.341 e. The lowest BCUT2D eigenvalue weighted by Gasteiger charge is -2.08. The number of urea groups is 1. The zero-order chi connectivity index (χ0) is 16.9. The van der Waals surface area contributed by atoms with Gasteiger partial charge >= 0.3 is 6.03 Å². The van der Waals surface area contributed by atoms with E-state index in [1.165, 1.54) is 13.2 Å². The Labute approximate surface area is 138 Å². The van der Waals surface area contributed by atoms with Crippen LogP contribution in [0.15, 0.2) is 54.7 Å². The number of aromatic nitrogens is 2. The topological polar surface area (TPSA) is 96.0 Å². The Kier molecular flexibility index (Phi) is 4.33. The first-order valence-electron chi connectivity index (χ1n) is 7.27. The van der Waals surface area contributed by atoms with Gasteiger partial charge in [-0.25, -0.2) is 9.78 Å². The molecule has 3 aromatic rings. The summed E-state index contributed by atoms with van der Waals surface area (Å²) in [6, 6.07) is 13.8. The fraction of sp³-hybridized carbons (Fsp3) is 0.0588. The third-order valence-electron chi connectivity index (χ3n) is 3.29. The van der Waals surface area contributed by atoms with Gasteiger partial charge in [0.2, 0.25) is 0 Å². The highest BCUT2D eigenvalue weighted by atomic mass is 16.2.